The minimum absolute atomic E-state index is 0.331. The topological polar surface area (TPSA) is 125 Å². The molecule has 10 heteroatoms. The van der Waals surface area contributed by atoms with Crippen LogP contribution in [0.4, 0.5) is 11.4 Å². The van der Waals surface area contributed by atoms with Gasteiger partial charge in [0.25, 0.3) is 0 Å². The summed E-state index contributed by atoms with van der Waals surface area (Å²) in [4.78, 5) is 49.2. The average molecular weight is 541 g/mol. The van der Waals surface area contributed by atoms with Crippen molar-refractivity contribution in [3.8, 4) is 11.4 Å². The van der Waals surface area contributed by atoms with E-state index < -0.39 is 23.8 Å². The van der Waals surface area contributed by atoms with Gasteiger partial charge in [0.1, 0.15) is 11.8 Å². The molecule has 0 saturated carbocycles. The first kappa shape index (κ1) is 26.5. The highest BCUT2D eigenvalue weighted by molar-refractivity contribution is 6.08. The van der Waals surface area contributed by atoms with Crippen molar-refractivity contribution in [3.05, 3.63) is 97.6 Å². The van der Waals surface area contributed by atoms with E-state index in [4.69, 9.17) is 10.2 Å². The van der Waals surface area contributed by atoms with E-state index in [-0.39, 0.29) is 11.8 Å². The lowest BCUT2D eigenvalue weighted by Gasteiger charge is -2.17. The Morgan fingerprint density at radius 1 is 0.575 bits per heavy atom. The van der Waals surface area contributed by atoms with Gasteiger partial charge >= 0.3 is 11.9 Å². The van der Waals surface area contributed by atoms with Gasteiger partial charge in [-0.25, -0.2) is 0 Å². The van der Waals surface area contributed by atoms with E-state index in [0.29, 0.717) is 25.9 Å². The van der Waals surface area contributed by atoms with Gasteiger partial charge in [-0.05, 0) is 73.5 Å². The SMILES string of the molecule is O=C(O)C1CCN(c2cccc(-n3cccc3)c2)C1=O.O=C(O)C1CCN(c2cccc(-n3cccc3)c2)C1=O. The van der Waals surface area contributed by atoms with Crippen LogP contribution in [0.2, 0.25) is 0 Å². The van der Waals surface area contributed by atoms with Crippen molar-refractivity contribution in [1.82, 2.24) is 9.13 Å². The molecule has 2 N–H and O–H groups in total. The second-order valence-corrected chi connectivity index (χ2v) is 9.56. The molecule has 2 aliphatic heterocycles. The number of rotatable bonds is 6. The van der Waals surface area contributed by atoms with Crippen LogP contribution < -0.4 is 9.80 Å². The van der Waals surface area contributed by atoms with Gasteiger partial charge < -0.3 is 29.1 Å². The fourth-order valence-corrected chi connectivity index (χ4v) is 4.99. The Morgan fingerprint density at radius 2 is 0.925 bits per heavy atom. The maximum Gasteiger partial charge on any atom is 0.316 e. The Morgan fingerprint density at radius 3 is 1.25 bits per heavy atom. The summed E-state index contributed by atoms with van der Waals surface area (Å²) in [6, 6.07) is 22.8. The molecule has 2 aromatic carbocycles. The molecule has 2 unspecified atom stereocenters. The summed E-state index contributed by atoms with van der Waals surface area (Å²) in [6.45, 7) is 0.899. The first-order chi connectivity index (χ1) is 19.3. The molecule has 2 saturated heterocycles. The predicted octanol–water partition coefficient (Wildman–Crippen LogP) is 3.83. The molecular weight excluding hydrogens is 512 g/mol. The molecule has 2 amide bonds. The fourth-order valence-electron chi connectivity index (χ4n) is 4.99. The highest BCUT2D eigenvalue weighted by atomic mass is 16.4. The molecule has 6 rings (SSSR count). The predicted molar refractivity (Wildman–Crippen MR) is 148 cm³/mol. The maximum atomic E-state index is 12.1. The van der Waals surface area contributed by atoms with Gasteiger partial charge in [-0.2, -0.15) is 0 Å². The number of hydrogen-bond acceptors (Lipinski definition) is 4. The first-order valence-corrected chi connectivity index (χ1v) is 12.9. The Labute approximate surface area is 230 Å². The molecule has 204 valence electrons. The maximum absolute atomic E-state index is 12.1. The zero-order valence-electron chi connectivity index (χ0n) is 21.5. The van der Waals surface area contributed by atoms with E-state index in [0.717, 1.165) is 22.7 Å². The molecule has 0 aliphatic carbocycles. The number of aromatic nitrogens is 2. The fraction of sp³-hybridized carbons (Fsp3) is 0.200. The van der Waals surface area contributed by atoms with Crippen LogP contribution >= 0.6 is 0 Å². The molecule has 4 aromatic rings. The average Bonchev–Trinajstić information content (AvgIpc) is 3.77. The molecule has 2 aliphatic rings. The molecule has 4 heterocycles. The van der Waals surface area contributed by atoms with Crippen molar-refractivity contribution in [2.75, 3.05) is 22.9 Å². The van der Waals surface area contributed by atoms with E-state index in [1.807, 2.05) is 107 Å². The summed E-state index contributed by atoms with van der Waals surface area (Å²) in [5.74, 6) is -4.57. The lowest BCUT2D eigenvalue weighted by Crippen LogP contribution is -2.30. The second-order valence-electron chi connectivity index (χ2n) is 9.56. The van der Waals surface area contributed by atoms with Crippen LogP contribution in [0.5, 0.6) is 0 Å². The number of aliphatic carboxylic acids is 2. The molecule has 2 atom stereocenters. The number of nitrogens with zero attached hydrogens (tertiary/aromatic N) is 4. The van der Waals surface area contributed by atoms with Crippen molar-refractivity contribution in [3.63, 3.8) is 0 Å². The molecule has 0 radical (unpaired) electrons. The Balaban J connectivity index is 0.000000161. The smallest absolute Gasteiger partial charge is 0.316 e. The monoisotopic (exact) mass is 540 g/mol. The number of benzene rings is 2. The van der Waals surface area contributed by atoms with E-state index in [1.165, 1.54) is 0 Å². The summed E-state index contributed by atoms with van der Waals surface area (Å²) in [5.41, 5.74) is 3.37. The summed E-state index contributed by atoms with van der Waals surface area (Å²) in [5, 5.41) is 18.0. The lowest BCUT2D eigenvalue weighted by atomic mass is 10.1. The highest BCUT2D eigenvalue weighted by Crippen LogP contribution is 2.28. The van der Waals surface area contributed by atoms with E-state index >= 15 is 0 Å². The molecule has 2 aromatic heterocycles. The number of carbonyl (C=O) groups excluding carboxylic acids is 2. The summed E-state index contributed by atoms with van der Waals surface area (Å²) >= 11 is 0. The molecular formula is C30H28N4O6. The largest absolute Gasteiger partial charge is 0.481 e. The van der Waals surface area contributed by atoms with Gasteiger partial charge in [0.15, 0.2) is 0 Å². The number of hydrogen-bond donors (Lipinski definition) is 2. The van der Waals surface area contributed by atoms with Crippen molar-refractivity contribution < 1.29 is 29.4 Å². The van der Waals surface area contributed by atoms with Crippen LogP contribution in [0, 0.1) is 11.8 Å². The third-order valence-electron chi connectivity index (χ3n) is 7.10. The number of carbonyl (C=O) groups is 4. The number of amides is 2. The van der Waals surface area contributed by atoms with Crippen molar-refractivity contribution in [2.24, 2.45) is 11.8 Å². The molecule has 10 nitrogen and oxygen atoms in total. The van der Waals surface area contributed by atoms with Crippen LogP contribution in [-0.2, 0) is 19.2 Å². The first-order valence-electron chi connectivity index (χ1n) is 12.9. The molecule has 40 heavy (non-hydrogen) atoms. The van der Waals surface area contributed by atoms with Gasteiger partial charge in [-0.1, -0.05) is 12.1 Å². The van der Waals surface area contributed by atoms with Gasteiger partial charge in [-0.3, -0.25) is 19.2 Å². The third-order valence-corrected chi connectivity index (χ3v) is 7.10. The van der Waals surface area contributed by atoms with Crippen LogP contribution in [0.25, 0.3) is 11.4 Å². The number of carboxylic acids is 2. The van der Waals surface area contributed by atoms with Crippen molar-refractivity contribution in [1.29, 1.82) is 0 Å². The standard InChI is InChI=1S/2C15H14N2O3/c2*18-14-13(15(19)20)6-9-17(14)12-5-3-4-11(10-12)16-7-1-2-8-16/h2*1-5,7-8,10,13H,6,9H2,(H,19,20). The Hall–Kier alpha value is -5.12. The molecule has 2 fully saturated rings. The van der Waals surface area contributed by atoms with Crippen LogP contribution in [0.3, 0.4) is 0 Å². The molecule has 0 bridgehead atoms. The third kappa shape index (κ3) is 5.37. The van der Waals surface area contributed by atoms with Gasteiger partial charge in [0, 0.05) is 60.6 Å². The zero-order chi connectivity index (χ0) is 28.2. The van der Waals surface area contributed by atoms with Gasteiger partial charge in [0.05, 0.1) is 0 Å². The highest BCUT2D eigenvalue weighted by Gasteiger charge is 2.38. The summed E-state index contributed by atoms with van der Waals surface area (Å²) in [7, 11) is 0. The summed E-state index contributed by atoms with van der Waals surface area (Å²) < 4.78 is 3.89. The van der Waals surface area contributed by atoms with Crippen LogP contribution in [0.1, 0.15) is 12.8 Å². The lowest BCUT2D eigenvalue weighted by molar-refractivity contribution is -0.146. The normalized spacial score (nSPS) is 18.5. The minimum atomic E-state index is -1.04. The van der Waals surface area contributed by atoms with E-state index in [9.17, 15) is 19.2 Å². The second kappa shape index (κ2) is 11.3. The van der Waals surface area contributed by atoms with Crippen molar-refractivity contribution in [2.45, 2.75) is 12.8 Å². The van der Waals surface area contributed by atoms with Crippen molar-refractivity contribution >= 4 is 35.1 Å². The van der Waals surface area contributed by atoms with Crippen LogP contribution in [0.15, 0.2) is 97.6 Å². The zero-order valence-corrected chi connectivity index (χ0v) is 21.5. The van der Waals surface area contributed by atoms with Gasteiger partial charge in [-0.15, -0.1) is 0 Å². The minimum Gasteiger partial charge on any atom is -0.481 e. The quantitative estimate of drug-likeness (QED) is 0.358. The van der Waals surface area contributed by atoms with Crippen LogP contribution in [-0.4, -0.2) is 56.2 Å². The number of anilines is 2. The number of carboxylic acid groups (broad SMARTS) is 2. The van der Waals surface area contributed by atoms with E-state index in [2.05, 4.69) is 0 Å². The molecule has 0 spiro atoms. The van der Waals surface area contributed by atoms with E-state index in [1.54, 1.807) is 9.80 Å². The Kier molecular flexibility index (Phi) is 7.50. The Bertz CT molecular complexity index is 1410. The summed E-state index contributed by atoms with van der Waals surface area (Å²) in [6.07, 6.45) is 8.41. The van der Waals surface area contributed by atoms with Gasteiger partial charge in [0.2, 0.25) is 11.8 Å².